The Morgan fingerprint density at radius 3 is 2.75 bits per heavy atom. The third-order valence-electron chi connectivity index (χ3n) is 3.72. The molecule has 6 heteroatoms. The maximum Gasteiger partial charge on any atom is 0.143 e. The molecule has 0 spiro atoms. The minimum atomic E-state index is -0.313. The van der Waals surface area contributed by atoms with Gasteiger partial charge in [-0.05, 0) is 51.8 Å². The van der Waals surface area contributed by atoms with E-state index in [0.717, 1.165) is 11.1 Å². The first kappa shape index (κ1) is 16.2. The van der Waals surface area contributed by atoms with Crippen molar-refractivity contribution >= 4 is 39.1 Å². The molecule has 0 amide bonds. The van der Waals surface area contributed by atoms with E-state index in [9.17, 15) is 4.39 Å². The summed E-state index contributed by atoms with van der Waals surface area (Å²) in [4.78, 5) is 0. The Hall–Kier alpha value is -2.65. The van der Waals surface area contributed by atoms with Crippen LogP contribution in [-0.4, -0.2) is 12.8 Å². The molecule has 2 aromatic carbocycles. The van der Waals surface area contributed by atoms with E-state index >= 15 is 0 Å². The highest BCUT2D eigenvalue weighted by Gasteiger charge is 2.23. The minimum Gasteiger partial charge on any atom is -0.491 e. The van der Waals surface area contributed by atoms with Gasteiger partial charge in [0.05, 0.1) is 22.8 Å². The second-order valence-electron chi connectivity index (χ2n) is 5.20. The molecule has 0 radical (unpaired) electrons. The number of nitrogens with zero attached hydrogens (tertiary/aromatic N) is 1. The molecule has 24 heavy (non-hydrogen) atoms. The molecule has 2 N–H and O–H groups in total. The number of nitrogens with one attached hydrogen (secondary N) is 2. The smallest absolute Gasteiger partial charge is 0.143 e. The fraction of sp³-hybridized carbons (Fsp3) is 0.111. The van der Waals surface area contributed by atoms with Crippen molar-refractivity contribution in [2.45, 2.75) is 6.42 Å². The fourth-order valence-electron chi connectivity index (χ4n) is 2.58. The van der Waals surface area contributed by atoms with Crippen LogP contribution in [0.2, 0.25) is 0 Å². The maximum atomic E-state index is 13.1. The lowest BCUT2D eigenvalue weighted by Gasteiger charge is -2.24. The number of fused-ring (bicyclic) bond motifs is 1. The summed E-state index contributed by atoms with van der Waals surface area (Å²) in [5, 5.41) is 19.8. The topological polar surface area (TPSA) is 68.9 Å². The molecule has 3 rings (SSSR count). The number of ether oxygens (including phenoxy) is 1. The van der Waals surface area contributed by atoms with Gasteiger partial charge >= 0.3 is 0 Å². The average molecular weight is 386 g/mol. The van der Waals surface area contributed by atoms with Crippen LogP contribution in [0.15, 0.2) is 40.9 Å². The molecule has 2 aromatic rings. The number of rotatable bonds is 3. The normalized spacial score (nSPS) is 14.5. The summed E-state index contributed by atoms with van der Waals surface area (Å²) >= 11 is 3.53. The van der Waals surface area contributed by atoms with E-state index in [1.165, 1.54) is 24.4 Å². The van der Waals surface area contributed by atoms with Gasteiger partial charge in [0.15, 0.2) is 0 Å². The van der Waals surface area contributed by atoms with Crippen molar-refractivity contribution in [3.63, 3.8) is 0 Å². The Kier molecular flexibility index (Phi) is 4.63. The van der Waals surface area contributed by atoms with E-state index in [1.807, 2.05) is 6.07 Å². The molecule has 0 bridgehead atoms. The van der Waals surface area contributed by atoms with E-state index in [-0.39, 0.29) is 5.82 Å². The van der Waals surface area contributed by atoms with Crippen LogP contribution < -0.4 is 10.1 Å². The molecular formula is C18H13BrFN3O. The number of anilines is 2. The highest BCUT2D eigenvalue weighted by Crippen LogP contribution is 2.44. The third kappa shape index (κ3) is 3.03. The standard InChI is InChI=1S/C18H13BrFN3O/c19-16-17(23-14-3-1-13(20)2-4-14)12(10-22)9-15-11(5-7-21)6-8-24-18(15)16/h1-5,9-10,22-23H,6,8H2/b11-5+,22-10?. The zero-order chi connectivity index (χ0) is 17.1. The highest BCUT2D eigenvalue weighted by atomic mass is 79.9. The number of allylic oxidation sites excluding steroid dienone is 1. The number of hydrogen-bond donors (Lipinski definition) is 2. The van der Waals surface area contributed by atoms with Crippen LogP contribution in [0.4, 0.5) is 15.8 Å². The first-order valence-corrected chi connectivity index (χ1v) is 8.04. The van der Waals surface area contributed by atoms with E-state index in [2.05, 4.69) is 27.3 Å². The molecule has 0 saturated carbocycles. The summed E-state index contributed by atoms with van der Waals surface area (Å²) in [7, 11) is 0. The predicted molar refractivity (Wildman–Crippen MR) is 95.4 cm³/mol. The molecule has 0 aliphatic carbocycles. The van der Waals surface area contributed by atoms with E-state index < -0.39 is 0 Å². The Bertz CT molecular complexity index is 869. The van der Waals surface area contributed by atoms with Crippen LogP contribution in [-0.2, 0) is 0 Å². The Morgan fingerprint density at radius 2 is 2.08 bits per heavy atom. The molecule has 1 aliphatic rings. The molecule has 0 unspecified atom stereocenters. The van der Waals surface area contributed by atoms with Gasteiger partial charge in [-0.15, -0.1) is 0 Å². The van der Waals surface area contributed by atoms with Crippen molar-refractivity contribution < 1.29 is 9.13 Å². The summed E-state index contributed by atoms with van der Waals surface area (Å²) in [6.45, 7) is 0.485. The van der Waals surface area contributed by atoms with Crippen molar-refractivity contribution in [1.82, 2.24) is 0 Å². The molecule has 0 saturated heterocycles. The number of hydrogen-bond acceptors (Lipinski definition) is 4. The maximum absolute atomic E-state index is 13.1. The monoisotopic (exact) mass is 385 g/mol. The van der Waals surface area contributed by atoms with Gasteiger partial charge in [-0.25, -0.2) is 4.39 Å². The Morgan fingerprint density at radius 1 is 1.33 bits per heavy atom. The molecule has 0 atom stereocenters. The van der Waals surface area contributed by atoms with Gasteiger partial charge in [0.1, 0.15) is 11.6 Å². The Balaban J connectivity index is 2.10. The van der Waals surface area contributed by atoms with Gasteiger partial charge in [0.25, 0.3) is 0 Å². The lowest BCUT2D eigenvalue weighted by molar-refractivity contribution is 0.314. The van der Waals surface area contributed by atoms with Crippen LogP contribution in [0.1, 0.15) is 17.5 Å². The van der Waals surface area contributed by atoms with Gasteiger partial charge in [0.2, 0.25) is 0 Å². The third-order valence-corrected chi connectivity index (χ3v) is 4.48. The fourth-order valence-corrected chi connectivity index (χ4v) is 3.23. The zero-order valence-electron chi connectivity index (χ0n) is 12.6. The SMILES string of the molecule is N#C/C=C1\CCOc2c1cc(C=N)c(Nc1ccc(F)cc1)c2Br. The van der Waals surface area contributed by atoms with E-state index in [1.54, 1.807) is 12.1 Å². The lowest BCUT2D eigenvalue weighted by Crippen LogP contribution is -2.10. The largest absolute Gasteiger partial charge is 0.491 e. The second-order valence-corrected chi connectivity index (χ2v) is 6.00. The summed E-state index contributed by atoms with van der Waals surface area (Å²) in [5.41, 5.74) is 3.69. The van der Waals surface area contributed by atoms with Crippen molar-refractivity contribution in [2.24, 2.45) is 0 Å². The van der Waals surface area contributed by atoms with Crippen LogP contribution in [0, 0.1) is 22.6 Å². The molecule has 120 valence electrons. The van der Waals surface area contributed by atoms with Crippen molar-refractivity contribution in [3.8, 4) is 11.8 Å². The van der Waals surface area contributed by atoms with Crippen LogP contribution >= 0.6 is 15.9 Å². The van der Waals surface area contributed by atoms with Crippen LogP contribution in [0.5, 0.6) is 5.75 Å². The first-order valence-electron chi connectivity index (χ1n) is 7.25. The van der Waals surface area contributed by atoms with Crippen LogP contribution in [0.25, 0.3) is 5.57 Å². The molecule has 4 nitrogen and oxygen atoms in total. The number of nitriles is 1. The second kappa shape index (κ2) is 6.85. The zero-order valence-corrected chi connectivity index (χ0v) is 14.2. The summed E-state index contributed by atoms with van der Waals surface area (Å²) < 4.78 is 19.5. The summed E-state index contributed by atoms with van der Waals surface area (Å²) in [6.07, 6.45) is 3.39. The number of halogens is 2. The van der Waals surface area contributed by atoms with Crippen molar-refractivity contribution in [1.29, 1.82) is 10.7 Å². The van der Waals surface area contributed by atoms with Crippen molar-refractivity contribution in [2.75, 3.05) is 11.9 Å². The molecule has 0 fully saturated rings. The van der Waals surface area contributed by atoms with Gasteiger partial charge in [-0.3, -0.25) is 0 Å². The molecular weight excluding hydrogens is 373 g/mol. The highest BCUT2D eigenvalue weighted by molar-refractivity contribution is 9.10. The molecule has 0 aromatic heterocycles. The van der Waals surface area contributed by atoms with Gasteiger partial charge in [-0.1, -0.05) is 0 Å². The van der Waals surface area contributed by atoms with Gasteiger partial charge in [-0.2, -0.15) is 5.26 Å². The number of benzene rings is 2. The van der Waals surface area contributed by atoms with E-state index in [4.69, 9.17) is 15.4 Å². The van der Waals surface area contributed by atoms with Crippen LogP contribution in [0.3, 0.4) is 0 Å². The minimum absolute atomic E-state index is 0.313. The van der Waals surface area contributed by atoms with Gasteiger partial charge < -0.3 is 15.5 Å². The van der Waals surface area contributed by atoms with E-state index in [0.29, 0.717) is 40.2 Å². The summed E-state index contributed by atoms with van der Waals surface area (Å²) in [5.74, 6) is 0.324. The quantitative estimate of drug-likeness (QED) is 0.575. The molecule has 1 aliphatic heterocycles. The lowest BCUT2D eigenvalue weighted by atomic mass is 9.96. The Labute approximate surface area is 147 Å². The van der Waals surface area contributed by atoms with Crippen molar-refractivity contribution in [3.05, 3.63) is 57.8 Å². The average Bonchev–Trinajstić information content (AvgIpc) is 2.59. The van der Waals surface area contributed by atoms with Gasteiger partial charge in [0, 0.05) is 35.5 Å². The summed E-state index contributed by atoms with van der Waals surface area (Å²) in [6, 6.07) is 9.85. The first-order chi connectivity index (χ1) is 11.6. The predicted octanol–water partition coefficient (Wildman–Crippen LogP) is 5.02. The molecule has 1 heterocycles.